The van der Waals surface area contributed by atoms with Crippen molar-refractivity contribution in [1.29, 1.82) is 0 Å². The molecule has 2 aromatic rings. The zero-order chi connectivity index (χ0) is 14.2. The van der Waals surface area contributed by atoms with E-state index < -0.39 is 0 Å². The summed E-state index contributed by atoms with van der Waals surface area (Å²) >= 11 is 0. The van der Waals surface area contributed by atoms with E-state index in [0.29, 0.717) is 6.61 Å². The molecule has 1 atom stereocenters. The number of amides is 1. The molecule has 0 aliphatic carbocycles. The molecule has 2 aromatic carbocycles. The third kappa shape index (κ3) is 3.60. The molecule has 1 N–H and O–H groups in total. The molecule has 1 unspecified atom stereocenters. The van der Waals surface area contributed by atoms with Gasteiger partial charge in [0.25, 0.3) is 0 Å². The van der Waals surface area contributed by atoms with Crippen LogP contribution in [0.4, 0.5) is 0 Å². The van der Waals surface area contributed by atoms with E-state index in [1.54, 1.807) is 0 Å². The van der Waals surface area contributed by atoms with E-state index in [2.05, 4.69) is 5.32 Å². The maximum Gasteiger partial charge on any atom is 0.207 e. The van der Waals surface area contributed by atoms with Gasteiger partial charge < -0.3 is 10.1 Å². The predicted molar refractivity (Wildman–Crippen MR) is 79.4 cm³/mol. The second-order valence-corrected chi connectivity index (χ2v) is 4.56. The molecule has 3 nitrogen and oxygen atoms in total. The Kier molecular flexibility index (Phi) is 5.18. The predicted octanol–water partition coefficient (Wildman–Crippen LogP) is 3.46. The Morgan fingerprint density at radius 3 is 2.50 bits per heavy atom. The molecule has 0 fully saturated rings. The van der Waals surface area contributed by atoms with Gasteiger partial charge in [-0.2, -0.15) is 0 Å². The van der Waals surface area contributed by atoms with Crippen LogP contribution >= 0.6 is 0 Å². The number of carbonyl (C=O) groups excluding carboxylic acids is 1. The summed E-state index contributed by atoms with van der Waals surface area (Å²) in [7, 11) is 0. The minimum Gasteiger partial charge on any atom is -0.489 e. The zero-order valence-electron chi connectivity index (χ0n) is 11.6. The fourth-order valence-corrected chi connectivity index (χ4v) is 2.14. The lowest BCUT2D eigenvalue weighted by Gasteiger charge is -2.18. The number of para-hydroxylation sites is 1. The van der Waals surface area contributed by atoms with Crippen LogP contribution in [0.5, 0.6) is 5.75 Å². The number of benzene rings is 2. The van der Waals surface area contributed by atoms with E-state index in [1.165, 1.54) is 0 Å². The van der Waals surface area contributed by atoms with Crippen LogP contribution in [-0.4, -0.2) is 6.41 Å². The Labute approximate surface area is 119 Å². The van der Waals surface area contributed by atoms with Gasteiger partial charge in [0.2, 0.25) is 6.41 Å². The summed E-state index contributed by atoms with van der Waals surface area (Å²) in [5.74, 6) is 0.817. The van der Waals surface area contributed by atoms with E-state index in [1.807, 2.05) is 61.5 Å². The van der Waals surface area contributed by atoms with Crippen molar-refractivity contribution < 1.29 is 9.53 Å². The molecule has 0 spiro atoms. The molecule has 0 aromatic heterocycles. The van der Waals surface area contributed by atoms with Gasteiger partial charge in [-0.05, 0) is 18.1 Å². The highest BCUT2D eigenvalue weighted by Gasteiger charge is 2.13. The fourth-order valence-electron chi connectivity index (χ4n) is 2.14. The SMILES string of the molecule is CCC(NC=O)c1ccccc1OCc1ccccc1. The van der Waals surface area contributed by atoms with Crippen LogP contribution in [0.3, 0.4) is 0 Å². The average molecular weight is 269 g/mol. The van der Waals surface area contributed by atoms with Gasteiger partial charge in [0.1, 0.15) is 12.4 Å². The van der Waals surface area contributed by atoms with Gasteiger partial charge in [-0.15, -0.1) is 0 Å². The molecular weight excluding hydrogens is 250 g/mol. The van der Waals surface area contributed by atoms with Crippen LogP contribution in [0, 0.1) is 0 Å². The second kappa shape index (κ2) is 7.34. The van der Waals surface area contributed by atoms with Crippen molar-refractivity contribution in [3.05, 3.63) is 65.7 Å². The maximum atomic E-state index is 10.7. The van der Waals surface area contributed by atoms with Crippen molar-refractivity contribution in [3.63, 3.8) is 0 Å². The zero-order valence-corrected chi connectivity index (χ0v) is 11.6. The lowest BCUT2D eigenvalue weighted by molar-refractivity contribution is -0.110. The third-order valence-corrected chi connectivity index (χ3v) is 3.21. The summed E-state index contributed by atoms with van der Waals surface area (Å²) in [6.45, 7) is 2.56. The van der Waals surface area contributed by atoms with Crippen LogP contribution in [0.15, 0.2) is 54.6 Å². The highest BCUT2D eigenvalue weighted by atomic mass is 16.5. The first-order chi connectivity index (χ1) is 9.85. The molecule has 0 bridgehead atoms. The molecule has 1 amide bonds. The highest BCUT2D eigenvalue weighted by molar-refractivity contribution is 5.49. The summed E-state index contributed by atoms with van der Waals surface area (Å²) in [4.78, 5) is 10.7. The fraction of sp³-hybridized carbons (Fsp3) is 0.235. The van der Waals surface area contributed by atoms with Crippen LogP contribution in [0.2, 0.25) is 0 Å². The van der Waals surface area contributed by atoms with E-state index in [4.69, 9.17) is 4.74 Å². The molecule has 104 valence electrons. The second-order valence-electron chi connectivity index (χ2n) is 4.56. The summed E-state index contributed by atoms with van der Waals surface area (Å²) in [5, 5.41) is 2.83. The molecule has 20 heavy (non-hydrogen) atoms. The first-order valence-electron chi connectivity index (χ1n) is 6.80. The molecule has 0 saturated carbocycles. The van der Waals surface area contributed by atoms with Crippen LogP contribution in [-0.2, 0) is 11.4 Å². The van der Waals surface area contributed by atoms with E-state index in [-0.39, 0.29) is 6.04 Å². The molecule has 0 aliphatic rings. The Hall–Kier alpha value is -2.29. The number of rotatable bonds is 7. The first-order valence-corrected chi connectivity index (χ1v) is 6.80. The van der Waals surface area contributed by atoms with E-state index in [0.717, 1.165) is 29.7 Å². The maximum absolute atomic E-state index is 10.7. The van der Waals surface area contributed by atoms with Gasteiger partial charge >= 0.3 is 0 Å². The summed E-state index contributed by atoms with van der Waals surface area (Å²) in [6.07, 6.45) is 1.56. The molecule has 3 heteroatoms. The third-order valence-electron chi connectivity index (χ3n) is 3.21. The van der Waals surface area contributed by atoms with Gasteiger partial charge in [-0.3, -0.25) is 4.79 Å². The smallest absolute Gasteiger partial charge is 0.207 e. The van der Waals surface area contributed by atoms with Crippen molar-refractivity contribution in [2.75, 3.05) is 0 Å². The lowest BCUT2D eigenvalue weighted by Crippen LogP contribution is -2.19. The largest absolute Gasteiger partial charge is 0.489 e. The minimum atomic E-state index is -0.0144. The van der Waals surface area contributed by atoms with Gasteiger partial charge in [0, 0.05) is 5.56 Å². The van der Waals surface area contributed by atoms with Crippen LogP contribution in [0.1, 0.15) is 30.5 Å². The van der Waals surface area contributed by atoms with Crippen molar-refractivity contribution in [1.82, 2.24) is 5.32 Å². The summed E-state index contributed by atoms with van der Waals surface area (Å²) < 4.78 is 5.90. The number of carbonyl (C=O) groups is 1. The Bertz CT molecular complexity index is 540. The highest BCUT2D eigenvalue weighted by Crippen LogP contribution is 2.27. The van der Waals surface area contributed by atoms with Gasteiger partial charge in [-0.25, -0.2) is 0 Å². The Morgan fingerprint density at radius 2 is 1.80 bits per heavy atom. The first kappa shape index (κ1) is 14.1. The van der Waals surface area contributed by atoms with Gasteiger partial charge in [0.05, 0.1) is 6.04 Å². The van der Waals surface area contributed by atoms with Crippen molar-refractivity contribution >= 4 is 6.41 Å². The van der Waals surface area contributed by atoms with E-state index in [9.17, 15) is 4.79 Å². The normalized spacial score (nSPS) is 11.7. The standard InChI is InChI=1S/C17H19NO2/c1-2-16(18-13-19)15-10-6-7-11-17(15)20-12-14-8-4-3-5-9-14/h3-11,13,16H,2,12H2,1H3,(H,18,19). The molecule has 0 heterocycles. The van der Waals surface area contributed by atoms with Crippen LogP contribution < -0.4 is 10.1 Å². The Morgan fingerprint density at radius 1 is 1.10 bits per heavy atom. The average Bonchev–Trinajstić information content (AvgIpc) is 2.52. The number of nitrogens with one attached hydrogen (secondary N) is 1. The van der Waals surface area contributed by atoms with Gasteiger partial charge in [-0.1, -0.05) is 55.5 Å². The summed E-state index contributed by atoms with van der Waals surface area (Å²) in [5.41, 5.74) is 2.14. The van der Waals surface area contributed by atoms with Crippen LogP contribution in [0.25, 0.3) is 0 Å². The quantitative estimate of drug-likeness (QED) is 0.782. The monoisotopic (exact) mass is 269 g/mol. The Balaban J connectivity index is 2.13. The molecule has 0 saturated heterocycles. The number of hydrogen-bond donors (Lipinski definition) is 1. The number of hydrogen-bond acceptors (Lipinski definition) is 2. The van der Waals surface area contributed by atoms with Crippen molar-refractivity contribution in [2.45, 2.75) is 26.0 Å². The number of ether oxygens (including phenoxy) is 1. The van der Waals surface area contributed by atoms with Gasteiger partial charge in [0.15, 0.2) is 0 Å². The lowest BCUT2D eigenvalue weighted by atomic mass is 10.0. The molecule has 0 radical (unpaired) electrons. The topological polar surface area (TPSA) is 38.3 Å². The molecule has 2 rings (SSSR count). The molecule has 0 aliphatic heterocycles. The summed E-state index contributed by atoms with van der Waals surface area (Å²) in [6, 6.07) is 17.8. The minimum absolute atomic E-state index is 0.0144. The van der Waals surface area contributed by atoms with E-state index >= 15 is 0 Å². The van der Waals surface area contributed by atoms with Crippen molar-refractivity contribution in [3.8, 4) is 5.75 Å². The molecular formula is C17H19NO2. The van der Waals surface area contributed by atoms with Crippen molar-refractivity contribution in [2.24, 2.45) is 0 Å².